The molecule has 0 bridgehead atoms. The quantitative estimate of drug-likeness (QED) is 0.612. The van der Waals surface area contributed by atoms with Gasteiger partial charge in [0.15, 0.2) is 0 Å². The minimum atomic E-state index is -3.71. The number of benzene rings is 1. The molecule has 6 nitrogen and oxygen atoms in total. The first kappa shape index (κ1) is 17.1. The van der Waals surface area contributed by atoms with Crippen molar-refractivity contribution in [3.63, 3.8) is 0 Å². The molecule has 8 heteroatoms. The fourth-order valence-electron chi connectivity index (χ4n) is 3.06. The zero-order valence-corrected chi connectivity index (χ0v) is 14.8. The van der Waals surface area contributed by atoms with Crippen LogP contribution >= 0.6 is 11.3 Å². The van der Waals surface area contributed by atoms with E-state index in [9.17, 15) is 18.5 Å². The van der Waals surface area contributed by atoms with Crippen LogP contribution in [0, 0.1) is 17.0 Å². The molecule has 0 N–H and O–H groups in total. The molecule has 1 aromatic carbocycles. The Bertz CT molecular complexity index is 839. The van der Waals surface area contributed by atoms with E-state index in [1.54, 1.807) is 18.3 Å². The summed E-state index contributed by atoms with van der Waals surface area (Å²) in [6.07, 6.45) is 1.54. The van der Waals surface area contributed by atoms with Crippen LogP contribution in [0.3, 0.4) is 0 Å². The summed E-state index contributed by atoms with van der Waals surface area (Å²) < 4.78 is 27.2. The summed E-state index contributed by atoms with van der Waals surface area (Å²) in [7, 11) is -3.71. The fraction of sp³-hybridized carbons (Fsp3) is 0.375. The van der Waals surface area contributed by atoms with E-state index in [-0.39, 0.29) is 10.6 Å². The second-order valence-corrected chi connectivity index (χ2v) is 8.63. The summed E-state index contributed by atoms with van der Waals surface area (Å²) in [5, 5.41) is 15.1. The fourth-order valence-corrected chi connectivity index (χ4v) is 5.51. The van der Waals surface area contributed by atoms with Gasteiger partial charge in [-0.2, -0.15) is 15.6 Å². The summed E-state index contributed by atoms with van der Waals surface area (Å²) in [6, 6.07) is 6.07. The van der Waals surface area contributed by atoms with E-state index in [1.807, 2.05) is 5.38 Å². The molecule has 24 heavy (non-hydrogen) atoms. The zero-order chi connectivity index (χ0) is 17.3. The third kappa shape index (κ3) is 3.22. The van der Waals surface area contributed by atoms with Crippen molar-refractivity contribution >= 4 is 27.0 Å². The van der Waals surface area contributed by atoms with Crippen molar-refractivity contribution in [2.24, 2.45) is 0 Å². The number of piperidine rings is 1. The van der Waals surface area contributed by atoms with Crippen LogP contribution in [0.1, 0.15) is 29.9 Å². The highest BCUT2D eigenvalue weighted by atomic mass is 32.2. The Morgan fingerprint density at radius 3 is 2.54 bits per heavy atom. The second-order valence-electron chi connectivity index (χ2n) is 5.94. The van der Waals surface area contributed by atoms with Crippen LogP contribution in [0.2, 0.25) is 0 Å². The number of nitro benzene ring substituents is 1. The van der Waals surface area contributed by atoms with E-state index < -0.39 is 14.9 Å². The van der Waals surface area contributed by atoms with Gasteiger partial charge in [-0.15, -0.1) is 0 Å². The molecule has 1 aromatic heterocycles. The molecule has 3 rings (SSSR count). The Hall–Kier alpha value is -1.77. The van der Waals surface area contributed by atoms with E-state index in [2.05, 4.69) is 11.4 Å². The van der Waals surface area contributed by atoms with Gasteiger partial charge in [0, 0.05) is 25.2 Å². The minimum Gasteiger partial charge on any atom is -0.258 e. The van der Waals surface area contributed by atoms with Crippen molar-refractivity contribution < 1.29 is 13.3 Å². The van der Waals surface area contributed by atoms with Crippen molar-refractivity contribution in [1.82, 2.24) is 4.31 Å². The molecular formula is C16H18N2O4S2. The largest absolute Gasteiger partial charge is 0.270 e. The lowest BCUT2D eigenvalue weighted by Crippen LogP contribution is -2.38. The average molecular weight is 366 g/mol. The van der Waals surface area contributed by atoms with Gasteiger partial charge >= 0.3 is 0 Å². The Balaban J connectivity index is 1.82. The SMILES string of the molecule is Cc1ccc([N+](=O)[O-])cc1S(=O)(=O)N1CCC(c2ccsc2)CC1. The van der Waals surface area contributed by atoms with Crippen molar-refractivity contribution in [3.8, 4) is 0 Å². The first-order valence-corrected chi connectivity index (χ1v) is 10.0. The van der Waals surface area contributed by atoms with Gasteiger partial charge in [-0.05, 0) is 53.6 Å². The Labute approximate surface area is 144 Å². The molecule has 0 saturated carbocycles. The molecule has 1 saturated heterocycles. The number of thiophene rings is 1. The first-order chi connectivity index (χ1) is 11.4. The van der Waals surface area contributed by atoms with Gasteiger partial charge in [0.05, 0.1) is 9.82 Å². The number of aryl methyl sites for hydroxylation is 1. The predicted molar refractivity (Wildman–Crippen MR) is 92.9 cm³/mol. The Morgan fingerprint density at radius 1 is 1.25 bits per heavy atom. The van der Waals surface area contributed by atoms with E-state index in [0.717, 1.165) is 18.9 Å². The third-order valence-electron chi connectivity index (χ3n) is 4.47. The number of hydrogen-bond donors (Lipinski definition) is 0. The molecule has 0 unspecified atom stereocenters. The first-order valence-electron chi connectivity index (χ1n) is 7.67. The number of hydrogen-bond acceptors (Lipinski definition) is 5. The molecule has 2 aromatic rings. The van der Waals surface area contributed by atoms with Crippen LogP contribution in [0.5, 0.6) is 0 Å². The maximum absolute atomic E-state index is 12.9. The maximum Gasteiger partial charge on any atom is 0.270 e. The lowest BCUT2D eigenvalue weighted by molar-refractivity contribution is -0.385. The molecule has 0 atom stereocenters. The highest BCUT2D eigenvalue weighted by Crippen LogP contribution is 2.33. The number of nitrogens with zero attached hydrogens (tertiary/aromatic N) is 2. The molecule has 1 aliphatic rings. The molecule has 0 spiro atoms. The van der Waals surface area contributed by atoms with Crippen LogP contribution in [0.15, 0.2) is 39.9 Å². The summed E-state index contributed by atoms with van der Waals surface area (Å²) in [6.45, 7) is 2.53. The van der Waals surface area contributed by atoms with Crippen LogP contribution in [0.25, 0.3) is 0 Å². The average Bonchev–Trinajstić information content (AvgIpc) is 3.09. The number of non-ortho nitro benzene ring substituents is 1. The Morgan fingerprint density at radius 2 is 1.96 bits per heavy atom. The molecule has 128 valence electrons. The molecule has 1 aliphatic heterocycles. The molecule has 0 aliphatic carbocycles. The molecule has 0 amide bonds. The molecule has 2 heterocycles. The third-order valence-corrected chi connectivity index (χ3v) is 7.21. The lowest BCUT2D eigenvalue weighted by atomic mass is 9.92. The number of sulfonamides is 1. The highest BCUT2D eigenvalue weighted by molar-refractivity contribution is 7.89. The summed E-state index contributed by atoms with van der Waals surface area (Å²) >= 11 is 1.65. The lowest BCUT2D eigenvalue weighted by Gasteiger charge is -2.31. The highest BCUT2D eigenvalue weighted by Gasteiger charge is 2.31. The number of rotatable bonds is 4. The molecular weight excluding hydrogens is 348 g/mol. The second kappa shape index (κ2) is 6.62. The predicted octanol–water partition coefficient (Wildman–Crippen LogP) is 3.53. The van der Waals surface area contributed by atoms with Gasteiger partial charge in [0.1, 0.15) is 0 Å². The van der Waals surface area contributed by atoms with Gasteiger partial charge in [-0.3, -0.25) is 10.1 Å². The van der Waals surface area contributed by atoms with Crippen LogP contribution in [-0.4, -0.2) is 30.7 Å². The summed E-state index contributed by atoms with van der Waals surface area (Å²) in [5.74, 6) is 0.383. The van der Waals surface area contributed by atoms with E-state index in [0.29, 0.717) is 24.6 Å². The van der Waals surface area contributed by atoms with E-state index in [4.69, 9.17) is 0 Å². The number of nitro groups is 1. The Kier molecular flexibility index (Phi) is 4.71. The monoisotopic (exact) mass is 366 g/mol. The molecule has 1 fully saturated rings. The summed E-state index contributed by atoms with van der Waals surface area (Å²) in [5.41, 5.74) is 1.59. The van der Waals surface area contributed by atoms with Gasteiger partial charge in [0.25, 0.3) is 5.69 Å². The van der Waals surface area contributed by atoms with Gasteiger partial charge in [0.2, 0.25) is 10.0 Å². The van der Waals surface area contributed by atoms with E-state index in [1.165, 1.54) is 22.0 Å². The van der Waals surface area contributed by atoms with Gasteiger partial charge in [-0.25, -0.2) is 8.42 Å². The minimum absolute atomic E-state index is 0.0330. The smallest absolute Gasteiger partial charge is 0.258 e. The standard InChI is InChI=1S/C16H18N2O4S2/c1-12-2-3-15(18(19)20)10-16(12)24(21,22)17-7-4-13(5-8-17)14-6-9-23-11-14/h2-3,6,9-11,13H,4-5,7-8H2,1H3. The van der Waals surface area contributed by atoms with Gasteiger partial charge < -0.3 is 0 Å². The summed E-state index contributed by atoms with van der Waals surface area (Å²) in [4.78, 5) is 10.4. The van der Waals surface area contributed by atoms with Crippen LogP contribution < -0.4 is 0 Å². The van der Waals surface area contributed by atoms with Crippen LogP contribution in [0.4, 0.5) is 5.69 Å². The maximum atomic E-state index is 12.9. The van der Waals surface area contributed by atoms with Crippen molar-refractivity contribution in [2.75, 3.05) is 13.1 Å². The van der Waals surface area contributed by atoms with E-state index >= 15 is 0 Å². The topological polar surface area (TPSA) is 80.5 Å². The molecule has 0 radical (unpaired) electrons. The zero-order valence-electron chi connectivity index (χ0n) is 13.2. The van der Waals surface area contributed by atoms with Gasteiger partial charge in [-0.1, -0.05) is 6.07 Å². The van der Waals surface area contributed by atoms with Crippen molar-refractivity contribution in [2.45, 2.75) is 30.6 Å². The van der Waals surface area contributed by atoms with Crippen LogP contribution in [-0.2, 0) is 10.0 Å². The normalized spacial score (nSPS) is 17.0. The van der Waals surface area contributed by atoms with Crippen molar-refractivity contribution in [1.29, 1.82) is 0 Å². The van der Waals surface area contributed by atoms with Crippen molar-refractivity contribution in [3.05, 3.63) is 56.3 Å².